The molecule has 2 N–H and O–H groups in total. The van der Waals surface area contributed by atoms with Crippen LogP contribution in [-0.2, 0) is 4.79 Å². The molecule has 0 aromatic rings. The van der Waals surface area contributed by atoms with Crippen LogP contribution in [0.1, 0.15) is 19.3 Å². The van der Waals surface area contributed by atoms with Gasteiger partial charge in [-0.25, -0.2) is 0 Å². The van der Waals surface area contributed by atoms with Gasteiger partial charge in [-0.15, -0.1) is 13.2 Å². The van der Waals surface area contributed by atoms with Crippen molar-refractivity contribution in [3.05, 3.63) is 25.3 Å². The Morgan fingerprint density at radius 2 is 1.85 bits per heavy atom. The number of carbonyl (C=O) groups is 1. The van der Waals surface area contributed by atoms with E-state index in [9.17, 15) is 4.79 Å². The molecule has 0 aromatic carbocycles. The minimum atomic E-state index is -0.523. The normalized spacial score (nSPS) is 10.8. The Morgan fingerprint density at radius 3 is 2.08 bits per heavy atom. The fourth-order valence-corrected chi connectivity index (χ4v) is 1.81. The van der Waals surface area contributed by atoms with Gasteiger partial charge in [0.25, 0.3) is 0 Å². The number of allylic oxidation sites excluding steroid dienone is 2. The van der Waals surface area contributed by atoms with E-state index in [1.165, 1.54) is 0 Å². The van der Waals surface area contributed by atoms with Gasteiger partial charge in [0.05, 0.1) is 5.41 Å². The van der Waals surface area contributed by atoms with E-state index in [1.807, 2.05) is 0 Å². The summed E-state index contributed by atoms with van der Waals surface area (Å²) in [6.45, 7) is 7.25. The topological polar surface area (TPSA) is 43.1 Å². The van der Waals surface area contributed by atoms with Crippen molar-refractivity contribution in [3.8, 4) is 0 Å². The molecule has 13 heavy (non-hydrogen) atoms. The number of hydrogen-bond acceptors (Lipinski definition) is 2. The molecular formula is C10H17NOS. The van der Waals surface area contributed by atoms with E-state index in [2.05, 4.69) is 25.8 Å². The highest BCUT2D eigenvalue weighted by molar-refractivity contribution is 7.80. The summed E-state index contributed by atoms with van der Waals surface area (Å²) in [6.07, 6.45) is 5.29. The van der Waals surface area contributed by atoms with Gasteiger partial charge in [0.2, 0.25) is 5.91 Å². The molecule has 2 nitrogen and oxygen atoms in total. The third-order valence-electron chi connectivity index (χ3n) is 2.18. The van der Waals surface area contributed by atoms with Crippen LogP contribution in [0.25, 0.3) is 0 Å². The number of rotatable bonds is 7. The molecule has 0 radical (unpaired) electrons. The van der Waals surface area contributed by atoms with E-state index < -0.39 is 5.41 Å². The smallest absolute Gasteiger partial charge is 0.224 e. The first-order valence-electron chi connectivity index (χ1n) is 4.25. The van der Waals surface area contributed by atoms with Crippen LogP contribution in [-0.4, -0.2) is 11.7 Å². The van der Waals surface area contributed by atoms with Gasteiger partial charge in [0.1, 0.15) is 0 Å². The number of nitrogens with two attached hydrogens (primary N) is 1. The van der Waals surface area contributed by atoms with Gasteiger partial charge in [-0.3, -0.25) is 4.79 Å². The summed E-state index contributed by atoms with van der Waals surface area (Å²) in [4.78, 5) is 11.3. The zero-order valence-electron chi connectivity index (χ0n) is 7.83. The second kappa shape index (κ2) is 5.86. The molecule has 0 unspecified atom stereocenters. The Hall–Kier alpha value is -0.700. The summed E-state index contributed by atoms with van der Waals surface area (Å²) in [5.41, 5.74) is 4.84. The Labute approximate surface area is 85.3 Å². The van der Waals surface area contributed by atoms with Crippen LogP contribution in [0.3, 0.4) is 0 Å². The molecule has 0 fully saturated rings. The van der Waals surface area contributed by atoms with Gasteiger partial charge < -0.3 is 5.73 Å². The van der Waals surface area contributed by atoms with Crippen molar-refractivity contribution in [1.29, 1.82) is 0 Å². The average Bonchev–Trinajstić information content (AvgIpc) is 2.05. The second-order valence-corrected chi connectivity index (χ2v) is 3.55. The molecule has 0 saturated carbocycles. The maximum Gasteiger partial charge on any atom is 0.224 e. The van der Waals surface area contributed by atoms with E-state index in [0.717, 1.165) is 0 Å². The van der Waals surface area contributed by atoms with Crippen molar-refractivity contribution in [2.45, 2.75) is 19.3 Å². The van der Waals surface area contributed by atoms with Crippen LogP contribution in [0.15, 0.2) is 25.3 Å². The maximum absolute atomic E-state index is 11.3. The van der Waals surface area contributed by atoms with E-state index >= 15 is 0 Å². The van der Waals surface area contributed by atoms with Crippen LogP contribution in [0.5, 0.6) is 0 Å². The summed E-state index contributed by atoms with van der Waals surface area (Å²) in [5, 5.41) is 0. The zero-order chi connectivity index (χ0) is 10.3. The predicted molar refractivity (Wildman–Crippen MR) is 59.7 cm³/mol. The predicted octanol–water partition coefficient (Wildman–Crippen LogP) is 1.93. The van der Waals surface area contributed by atoms with Crippen LogP contribution in [0, 0.1) is 5.41 Å². The Kier molecular flexibility index (Phi) is 5.55. The third-order valence-corrected chi connectivity index (χ3v) is 2.41. The van der Waals surface area contributed by atoms with Crippen LogP contribution < -0.4 is 5.73 Å². The van der Waals surface area contributed by atoms with E-state index in [1.54, 1.807) is 12.2 Å². The lowest BCUT2D eigenvalue weighted by Gasteiger charge is -2.27. The van der Waals surface area contributed by atoms with Gasteiger partial charge in [-0.2, -0.15) is 12.6 Å². The van der Waals surface area contributed by atoms with Crippen LogP contribution in [0.2, 0.25) is 0 Å². The number of amides is 1. The molecule has 0 aromatic heterocycles. The molecule has 0 rings (SSSR count). The highest BCUT2D eigenvalue weighted by Gasteiger charge is 2.32. The largest absolute Gasteiger partial charge is 0.369 e. The van der Waals surface area contributed by atoms with Crippen molar-refractivity contribution >= 4 is 18.5 Å². The number of carbonyl (C=O) groups excluding carboxylic acids is 1. The van der Waals surface area contributed by atoms with Gasteiger partial charge >= 0.3 is 0 Å². The van der Waals surface area contributed by atoms with Crippen LogP contribution >= 0.6 is 12.6 Å². The van der Waals surface area contributed by atoms with Crippen molar-refractivity contribution in [2.24, 2.45) is 11.1 Å². The van der Waals surface area contributed by atoms with E-state index in [4.69, 9.17) is 5.73 Å². The number of primary amides is 1. The highest BCUT2D eigenvalue weighted by Crippen LogP contribution is 2.31. The fraction of sp³-hybridized carbons (Fsp3) is 0.500. The molecule has 0 saturated heterocycles. The van der Waals surface area contributed by atoms with Crippen molar-refractivity contribution in [3.63, 3.8) is 0 Å². The fourth-order valence-electron chi connectivity index (χ4n) is 1.38. The summed E-state index contributed by atoms with van der Waals surface area (Å²) >= 11 is 4.12. The first kappa shape index (κ1) is 12.3. The molecule has 0 atom stereocenters. The first-order valence-corrected chi connectivity index (χ1v) is 4.89. The lowest BCUT2D eigenvalue weighted by atomic mass is 9.78. The quantitative estimate of drug-likeness (QED) is 0.477. The summed E-state index contributed by atoms with van der Waals surface area (Å²) < 4.78 is 0. The second-order valence-electron chi connectivity index (χ2n) is 3.10. The zero-order valence-corrected chi connectivity index (χ0v) is 8.72. The lowest BCUT2D eigenvalue weighted by molar-refractivity contribution is -0.127. The minimum absolute atomic E-state index is 0.290. The minimum Gasteiger partial charge on any atom is -0.369 e. The maximum atomic E-state index is 11.3. The van der Waals surface area contributed by atoms with Gasteiger partial charge in [-0.1, -0.05) is 12.2 Å². The number of thiol groups is 1. The Morgan fingerprint density at radius 1 is 1.38 bits per heavy atom. The van der Waals surface area contributed by atoms with Crippen molar-refractivity contribution < 1.29 is 4.79 Å². The molecule has 0 spiro atoms. The molecule has 0 aliphatic rings. The Bertz CT molecular complexity index is 191. The molecular weight excluding hydrogens is 182 g/mol. The van der Waals surface area contributed by atoms with Gasteiger partial charge in [0.15, 0.2) is 0 Å². The standard InChI is InChI=1S/C10H17NOS/c1-3-5-10(6-4-2,7-8-13)9(11)12/h3-4,13H,1-2,5-8H2,(H2,11,12). The van der Waals surface area contributed by atoms with E-state index in [-0.39, 0.29) is 5.91 Å². The van der Waals surface area contributed by atoms with Gasteiger partial charge in [-0.05, 0) is 25.0 Å². The lowest BCUT2D eigenvalue weighted by Crippen LogP contribution is -2.36. The first-order chi connectivity index (χ1) is 6.13. The molecule has 0 aliphatic carbocycles. The molecule has 3 heteroatoms. The average molecular weight is 199 g/mol. The van der Waals surface area contributed by atoms with Crippen LogP contribution in [0.4, 0.5) is 0 Å². The highest BCUT2D eigenvalue weighted by atomic mass is 32.1. The number of hydrogen-bond donors (Lipinski definition) is 2. The molecule has 0 aliphatic heterocycles. The molecule has 1 amide bonds. The monoisotopic (exact) mass is 199 g/mol. The van der Waals surface area contributed by atoms with Gasteiger partial charge in [0, 0.05) is 0 Å². The summed E-state index contributed by atoms with van der Waals surface area (Å²) in [7, 11) is 0. The van der Waals surface area contributed by atoms with Crippen molar-refractivity contribution in [2.75, 3.05) is 5.75 Å². The molecule has 0 heterocycles. The van der Waals surface area contributed by atoms with Crippen molar-refractivity contribution in [1.82, 2.24) is 0 Å². The Balaban J connectivity index is 4.66. The summed E-state index contributed by atoms with van der Waals surface area (Å²) in [6, 6.07) is 0. The molecule has 0 bridgehead atoms. The third kappa shape index (κ3) is 3.27. The summed E-state index contributed by atoms with van der Waals surface area (Å²) in [5.74, 6) is 0.353. The van der Waals surface area contributed by atoms with E-state index in [0.29, 0.717) is 25.0 Å². The molecule has 74 valence electrons. The SMILES string of the molecule is C=CCC(CC=C)(CCS)C(N)=O.